The van der Waals surface area contributed by atoms with E-state index < -0.39 is 0 Å². The molecule has 2 aromatic rings. The van der Waals surface area contributed by atoms with Crippen LogP contribution in [0.25, 0.3) is 11.2 Å². The summed E-state index contributed by atoms with van der Waals surface area (Å²) >= 11 is 0. The van der Waals surface area contributed by atoms with E-state index in [0.29, 0.717) is 17.4 Å². The molecule has 3 rings (SSSR count). The monoisotopic (exact) mass is 289 g/mol. The number of piperazine rings is 1. The molecule has 0 aromatic carbocycles. The lowest BCUT2D eigenvalue weighted by molar-refractivity contribution is 0.103. The van der Waals surface area contributed by atoms with E-state index >= 15 is 0 Å². The van der Waals surface area contributed by atoms with Gasteiger partial charge in [0.2, 0.25) is 0 Å². The molecule has 0 saturated carbocycles. The molecule has 7 nitrogen and oxygen atoms in total. The van der Waals surface area contributed by atoms with Gasteiger partial charge in [0, 0.05) is 32.2 Å². The van der Waals surface area contributed by atoms with Gasteiger partial charge in [-0.05, 0) is 26.9 Å². The molecule has 0 spiro atoms. The fourth-order valence-corrected chi connectivity index (χ4v) is 2.85. The van der Waals surface area contributed by atoms with Crippen LogP contribution in [0.5, 0.6) is 0 Å². The van der Waals surface area contributed by atoms with Gasteiger partial charge in [-0.2, -0.15) is 0 Å². The SMILES string of the molecule is CC1CN(CCCn2cnc3c(N)ncnc32)CCN1C. The number of hydrogen-bond donors (Lipinski definition) is 1. The summed E-state index contributed by atoms with van der Waals surface area (Å²) < 4.78 is 2.06. The molecular formula is C14H23N7. The molecule has 0 aliphatic carbocycles. The van der Waals surface area contributed by atoms with Crippen molar-refractivity contribution in [1.29, 1.82) is 0 Å². The van der Waals surface area contributed by atoms with Crippen molar-refractivity contribution in [3.8, 4) is 0 Å². The Morgan fingerprint density at radius 1 is 1.24 bits per heavy atom. The third-order valence-corrected chi connectivity index (χ3v) is 4.35. The van der Waals surface area contributed by atoms with Crippen molar-refractivity contribution in [2.45, 2.75) is 25.9 Å². The Morgan fingerprint density at radius 2 is 2.10 bits per heavy atom. The highest BCUT2D eigenvalue weighted by molar-refractivity contribution is 5.80. The smallest absolute Gasteiger partial charge is 0.165 e. The van der Waals surface area contributed by atoms with Gasteiger partial charge >= 0.3 is 0 Å². The Hall–Kier alpha value is -1.73. The molecule has 0 amide bonds. The standard InChI is InChI=1S/C14H23N7/c1-11-8-20(7-6-19(11)2)4-3-5-21-10-18-12-13(15)16-9-17-14(12)21/h9-11H,3-8H2,1-2H3,(H2,15,16,17). The number of fused-ring (bicyclic) bond motifs is 1. The number of anilines is 1. The maximum atomic E-state index is 5.80. The minimum Gasteiger partial charge on any atom is -0.382 e. The number of hydrogen-bond acceptors (Lipinski definition) is 6. The quantitative estimate of drug-likeness (QED) is 0.880. The minimum absolute atomic E-state index is 0.451. The van der Waals surface area contributed by atoms with Crippen molar-refractivity contribution >= 4 is 17.0 Å². The molecule has 1 aliphatic rings. The Bertz CT molecular complexity index is 608. The largest absolute Gasteiger partial charge is 0.382 e. The molecule has 3 heterocycles. The second-order valence-corrected chi connectivity index (χ2v) is 5.85. The summed E-state index contributed by atoms with van der Waals surface area (Å²) in [4.78, 5) is 17.5. The van der Waals surface area contributed by atoms with Crippen molar-refractivity contribution < 1.29 is 0 Å². The molecule has 1 fully saturated rings. The van der Waals surface area contributed by atoms with Gasteiger partial charge in [0.15, 0.2) is 11.5 Å². The maximum absolute atomic E-state index is 5.80. The number of rotatable bonds is 4. The topological polar surface area (TPSA) is 76.1 Å². The summed E-state index contributed by atoms with van der Waals surface area (Å²) in [7, 11) is 2.20. The molecule has 2 N–H and O–H groups in total. The van der Waals surface area contributed by atoms with Gasteiger partial charge in [0.05, 0.1) is 6.33 Å². The lowest BCUT2D eigenvalue weighted by atomic mass is 10.2. The van der Waals surface area contributed by atoms with Crippen LogP contribution in [0, 0.1) is 0 Å². The van der Waals surface area contributed by atoms with Gasteiger partial charge in [0.25, 0.3) is 0 Å². The first-order chi connectivity index (χ1) is 10.1. The average Bonchev–Trinajstić information content (AvgIpc) is 2.88. The number of nitrogens with zero attached hydrogens (tertiary/aromatic N) is 6. The van der Waals surface area contributed by atoms with E-state index in [-0.39, 0.29) is 0 Å². The second-order valence-electron chi connectivity index (χ2n) is 5.85. The highest BCUT2D eigenvalue weighted by Gasteiger charge is 2.19. The molecule has 1 aliphatic heterocycles. The summed E-state index contributed by atoms with van der Waals surface area (Å²) in [5.41, 5.74) is 7.33. The number of aryl methyl sites for hydroxylation is 1. The normalized spacial score (nSPS) is 21.1. The first-order valence-electron chi connectivity index (χ1n) is 7.49. The van der Waals surface area contributed by atoms with E-state index in [1.807, 2.05) is 6.33 Å². The van der Waals surface area contributed by atoms with Gasteiger partial charge in [0.1, 0.15) is 11.8 Å². The Morgan fingerprint density at radius 3 is 2.90 bits per heavy atom. The first kappa shape index (κ1) is 14.2. The van der Waals surface area contributed by atoms with Crippen molar-refractivity contribution in [3.63, 3.8) is 0 Å². The third-order valence-electron chi connectivity index (χ3n) is 4.35. The number of nitrogens with two attached hydrogens (primary N) is 1. The van der Waals surface area contributed by atoms with Crippen LogP contribution in [0.1, 0.15) is 13.3 Å². The summed E-state index contributed by atoms with van der Waals surface area (Å²) in [6.07, 6.45) is 4.39. The van der Waals surface area contributed by atoms with E-state index in [1.54, 1.807) is 0 Å². The van der Waals surface area contributed by atoms with Gasteiger partial charge < -0.3 is 20.1 Å². The minimum atomic E-state index is 0.451. The van der Waals surface area contributed by atoms with Crippen LogP contribution in [-0.4, -0.2) is 68.6 Å². The molecule has 114 valence electrons. The zero-order valence-corrected chi connectivity index (χ0v) is 12.7. The van der Waals surface area contributed by atoms with Crippen LogP contribution in [0.15, 0.2) is 12.7 Å². The average molecular weight is 289 g/mol. The summed E-state index contributed by atoms with van der Waals surface area (Å²) in [5, 5.41) is 0. The molecule has 0 radical (unpaired) electrons. The predicted molar refractivity (Wildman–Crippen MR) is 82.9 cm³/mol. The van der Waals surface area contributed by atoms with Crippen molar-refractivity contribution in [3.05, 3.63) is 12.7 Å². The number of imidazole rings is 1. The molecular weight excluding hydrogens is 266 g/mol. The van der Waals surface area contributed by atoms with Crippen LogP contribution in [0.3, 0.4) is 0 Å². The van der Waals surface area contributed by atoms with E-state index in [4.69, 9.17) is 5.73 Å². The van der Waals surface area contributed by atoms with Crippen LogP contribution in [-0.2, 0) is 6.54 Å². The van der Waals surface area contributed by atoms with Crippen LogP contribution >= 0.6 is 0 Å². The summed E-state index contributed by atoms with van der Waals surface area (Å²) in [5.74, 6) is 0.451. The van der Waals surface area contributed by atoms with Gasteiger partial charge in [-0.25, -0.2) is 15.0 Å². The lowest BCUT2D eigenvalue weighted by Crippen LogP contribution is -2.50. The van der Waals surface area contributed by atoms with E-state index in [0.717, 1.165) is 44.8 Å². The van der Waals surface area contributed by atoms with Crippen molar-refractivity contribution in [2.75, 3.05) is 39.0 Å². The number of nitrogen functional groups attached to an aromatic ring is 1. The molecule has 1 atom stereocenters. The van der Waals surface area contributed by atoms with Gasteiger partial charge in [-0.3, -0.25) is 0 Å². The Labute approximate surface area is 124 Å². The Kier molecular flexibility index (Phi) is 4.03. The van der Waals surface area contributed by atoms with Crippen molar-refractivity contribution in [2.24, 2.45) is 0 Å². The zero-order valence-electron chi connectivity index (χ0n) is 12.7. The van der Waals surface area contributed by atoms with Crippen molar-refractivity contribution in [1.82, 2.24) is 29.3 Å². The predicted octanol–water partition coefficient (Wildman–Crippen LogP) is 0.435. The molecule has 2 aromatic heterocycles. The number of aromatic nitrogens is 4. The van der Waals surface area contributed by atoms with E-state index in [9.17, 15) is 0 Å². The second kappa shape index (κ2) is 5.95. The summed E-state index contributed by atoms with van der Waals surface area (Å²) in [6, 6.07) is 0.639. The van der Waals surface area contributed by atoms with E-state index in [2.05, 4.69) is 43.3 Å². The van der Waals surface area contributed by atoms with E-state index in [1.165, 1.54) is 6.33 Å². The fourth-order valence-electron chi connectivity index (χ4n) is 2.85. The molecule has 1 saturated heterocycles. The first-order valence-corrected chi connectivity index (χ1v) is 7.49. The molecule has 21 heavy (non-hydrogen) atoms. The van der Waals surface area contributed by atoms with Gasteiger partial charge in [-0.15, -0.1) is 0 Å². The fraction of sp³-hybridized carbons (Fsp3) is 0.643. The molecule has 0 bridgehead atoms. The maximum Gasteiger partial charge on any atom is 0.165 e. The lowest BCUT2D eigenvalue weighted by Gasteiger charge is -2.37. The molecule has 1 unspecified atom stereocenters. The van der Waals surface area contributed by atoms with Crippen LogP contribution in [0.2, 0.25) is 0 Å². The third kappa shape index (κ3) is 2.98. The zero-order chi connectivity index (χ0) is 14.8. The summed E-state index contributed by atoms with van der Waals surface area (Å²) in [6.45, 7) is 7.76. The Balaban J connectivity index is 1.56. The highest BCUT2D eigenvalue weighted by Crippen LogP contribution is 2.14. The van der Waals surface area contributed by atoms with Crippen LogP contribution < -0.4 is 5.73 Å². The van der Waals surface area contributed by atoms with Crippen LogP contribution in [0.4, 0.5) is 5.82 Å². The van der Waals surface area contributed by atoms with Gasteiger partial charge in [-0.1, -0.05) is 0 Å². The molecule has 7 heteroatoms. The number of likely N-dealkylation sites (N-methyl/N-ethyl adjacent to an activating group) is 1. The highest BCUT2D eigenvalue weighted by atomic mass is 15.3.